The van der Waals surface area contributed by atoms with Crippen molar-refractivity contribution < 1.29 is 8.42 Å². The fourth-order valence-electron chi connectivity index (χ4n) is 2.37. The lowest BCUT2D eigenvalue weighted by atomic mass is 10.2. The summed E-state index contributed by atoms with van der Waals surface area (Å²) in [5, 5.41) is 6.54. The molecule has 0 aliphatic rings. The molecule has 0 aromatic heterocycles. The van der Waals surface area contributed by atoms with Gasteiger partial charge in [-0.1, -0.05) is 13.8 Å². The molecule has 0 amide bonds. The standard InChI is InChI=1S/C16H36N4O2S/c1-6-11-20(12-7-2)13-8-10-18-16(17-4)19-15(3)9-14-23(5,21)22/h15H,6-14H2,1-5H3,(H2,17,18,19). The molecule has 0 spiro atoms. The van der Waals surface area contributed by atoms with Crippen LogP contribution in [0.1, 0.15) is 46.5 Å². The molecule has 0 fully saturated rings. The van der Waals surface area contributed by atoms with Gasteiger partial charge in [0.25, 0.3) is 0 Å². The van der Waals surface area contributed by atoms with E-state index in [1.54, 1.807) is 7.05 Å². The van der Waals surface area contributed by atoms with E-state index < -0.39 is 9.84 Å². The smallest absolute Gasteiger partial charge is 0.191 e. The zero-order chi connectivity index (χ0) is 17.7. The van der Waals surface area contributed by atoms with Crippen LogP contribution in [-0.2, 0) is 9.84 Å². The molecular weight excluding hydrogens is 312 g/mol. The highest BCUT2D eigenvalue weighted by Gasteiger charge is 2.09. The molecule has 2 N–H and O–H groups in total. The highest BCUT2D eigenvalue weighted by Crippen LogP contribution is 1.97. The molecule has 1 atom stereocenters. The van der Waals surface area contributed by atoms with Crippen LogP contribution in [0.2, 0.25) is 0 Å². The largest absolute Gasteiger partial charge is 0.356 e. The molecular formula is C16H36N4O2S. The van der Waals surface area contributed by atoms with Crippen LogP contribution in [-0.4, -0.2) is 70.6 Å². The average molecular weight is 349 g/mol. The van der Waals surface area contributed by atoms with E-state index in [4.69, 9.17) is 0 Å². The van der Waals surface area contributed by atoms with Gasteiger partial charge in [-0.05, 0) is 52.2 Å². The first-order chi connectivity index (χ1) is 10.8. The summed E-state index contributed by atoms with van der Waals surface area (Å²) in [7, 11) is -1.17. The van der Waals surface area contributed by atoms with Crippen LogP contribution in [0.15, 0.2) is 4.99 Å². The molecule has 0 aromatic rings. The van der Waals surface area contributed by atoms with Crippen LogP contribution in [0.25, 0.3) is 0 Å². The van der Waals surface area contributed by atoms with Crippen molar-refractivity contribution in [3.63, 3.8) is 0 Å². The SMILES string of the molecule is CCCN(CCC)CCCNC(=NC)NC(C)CCS(C)(=O)=O. The van der Waals surface area contributed by atoms with Gasteiger partial charge in [-0.3, -0.25) is 4.99 Å². The molecule has 1 unspecified atom stereocenters. The van der Waals surface area contributed by atoms with Crippen LogP contribution in [0.4, 0.5) is 0 Å². The van der Waals surface area contributed by atoms with Gasteiger partial charge in [-0.2, -0.15) is 0 Å². The normalized spacial score (nSPS) is 14.1. The van der Waals surface area contributed by atoms with E-state index in [2.05, 4.69) is 34.4 Å². The van der Waals surface area contributed by atoms with Gasteiger partial charge in [0.1, 0.15) is 9.84 Å². The number of aliphatic imine (C=N–C) groups is 1. The van der Waals surface area contributed by atoms with Crippen LogP contribution >= 0.6 is 0 Å². The van der Waals surface area contributed by atoms with E-state index in [9.17, 15) is 8.42 Å². The lowest BCUT2D eigenvalue weighted by molar-refractivity contribution is 0.271. The monoisotopic (exact) mass is 348 g/mol. The number of hydrogen-bond donors (Lipinski definition) is 2. The van der Waals surface area contributed by atoms with Crippen LogP contribution < -0.4 is 10.6 Å². The van der Waals surface area contributed by atoms with Crippen molar-refractivity contribution in [2.24, 2.45) is 4.99 Å². The molecule has 0 saturated heterocycles. The molecule has 0 rings (SSSR count). The number of nitrogens with zero attached hydrogens (tertiary/aromatic N) is 2. The molecule has 0 aromatic carbocycles. The number of rotatable bonds is 12. The van der Waals surface area contributed by atoms with Crippen LogP contribution in [0, 0.1) is 0 Å². The van der Waals surface area contributed by atoms with Gasteiger partial charge in [-0.25, -0.2) is 8.42 Å². The first-order valence-corrected chi connectivity index (χ1v) is 10.8. The van der Waals surface area contributed by atoms with Gasteiger partial charge in [0.05, 0.1) is 5.75 Å². The zero-order valence-electron chi connectivity index (χ0n) is 15.6. The van der Waals surface area contributed by atoms with E-state index in [0.717, 1.165) is 38.6 Å². The lowest BCUT2D eigenvalue weighted by Crippen LogP contribution is -2.43. The third kappa shape index (κ3) is 13.3. The molecule has 6 nitrogen and oxygen atoms in total. The first kappa shape index (κ1) is 22.2. The van der Waals surface area contributed by atoms with Gasteiger partial charge in [-0.15, -0.1) is 0 Å². The Hall–Kier alpha value is -0.820. The molecule has 0 radical (unpaired) electrons. The van der Waals surface area contributed by atoms with E-state index >= 15 is 0 Å². The molecule has 0 bridgehead atoms. The molecule has 0 aliphatic heterocycles. The molecule has 0 aliphatic carbocycles. The Balaban J connectivity index is 4.01. The average Bonchev–Trinajstić information content (AvgIpc) is 2.47. The number of hydrogen-bond acceptors (Lipinski definition) is 4. The Morgan fingerprint density at radius 3 is 2.26 bits per heavy atom. The van der Waals surface area contributed by atoms with Gasteiger partial charge in [0.2, 0.25) is 0 Å². The quantitative estimate of drug-likeness (QED) is 0.317. The number of sulfone groups is 1. The minimum Gasteiger partial charge on any atom is -0.356 e. The maximum absolute atomic E-state index is 11.2. The van der Waals surface area contributed by atoms with Crippen molar-refractivity contribution in [3.8, 4) is 0 Å². The zero-order valence-corrected chi connectivity index (χ0v) is 16.4. The Labute approximate surface area is 143 Å². The maximum atomic E-state index is 11.2. The Bertz CT molecular complexity index is 418. The summed E-state index contributed by atoms with van der Waals surface area (Å²) >= 11 is 0. The van der Waals surface area contributed by atoms with Gasteiger partial charge in [0.15, 0.2) is 5.96 Å². The summed E-state index contributed by atoms with van der Waals surface area (Å²) < 4.78 is 22.4. The Kier molecular flexibility index (Phi) is 12.1. The number of nitrogens with one attached hydrogen (secondary N) is 2. The summed E-state index contributed by atoms with van der Waals surface area (Å²) in [6.07, 6.45) is 5.30. The molecule has 0 saturated carbocycles. The summed E-state index contributed by atoms with van der Waals surface area (Å²) in [4.78, 5) is 6.69. The highest BCUT2D eigenvalue weighted by molar-refractivity contribution is 7.90. The van der Waals surface area contributed by atoms with E-state index in [-0.39, 0.29) is 11.8 Å². The van der Waals surface area contributed by atoms with Crippen molar-refractivity contribution in [1.29, 1.82) is 0 Å². The Morgan fingerprint density at radius 1 is 1.17 bits per heavy atom. The second kappa shape index (κ2) is 12.6. The van der Waals surface area contributed by atoms with E-state index in [1.807, 2.05) is 6.92 Å². The lowest BCUT2D eigenvalue weighted by Gasteiger charge is -2.22. The number of guanidine groups is 1. The molecule has 0 heterocycles. The molecule has 138 valence electrons. The molecule has 23 heavy (non-hydrogen) atoms. The summed E-state index contributed by atoms with van der Waals surface area (Å²) in [5.41, 5.74) is 0. The topological polar surface area (TPSA) is 73.8 Å². The first-order valence-electron chi connectivity index (χ1n) is 8.69. The van der Waals surface area contributed by atoms with Gasteiger partial charge in [0, 0.05) is 25.9 Å². The van der Waals surface area contributed by atoms with Crippen LogP contribution in [0.3, 0.4) is 0 Å². The van der Waals surface area contributed by atoms with E-state index in [0.29, 0.717) is 6.42 Å². The third-order valence-corrected chi connectivity index (χ3v) is 4.53. The Morgan fingerprint density at radius 2 is 1.78 bits per heavy atom. The predicted octanol–water partition coefficient (Wildman–Crippen LogP) is 1.49. The van der Waals surface area contributed by atoms with Crippen molar-refractivity contribution >= 4 is 15.8 Å². The fourth-order valence-corrected chi connectivity index (χ4v) is 3.15. The van der Waals surface area contributed by atoms with Crippen molar-refractivity contribution in [1.82, 2.24) is 15.5 Å². The van der Waals surface area contributed by atoms with Crippen LogP contribution in [0.5, 0.6) is 0 Å². The minimum atomic E-state index is -2.91. The minimum absolute atomic E-state index is 0.0765. The van der Waals surface area contributed by atoms with Gasteiger partial charge >= 0.3 is 0 Å². The maximum Gasteiger partial charge on any atom is 0.191 e. The summed E-state index contributed by atoms with van der Waals surface area (Å²) in [5.74, 6) is 0.935. The summed E-state index contributed by atoms with van der Waals surface area (Å²) in [6.45, 7) is 10.7. The second-order valence-corrected chi connectivity index (χ2v) is 8.42. The van der Waals surface area contributed by atoms with E-state index in [1.165, 1.54) is 19.1 Å². The van der Waals surface area contributed by atoms with Crippen molar-refractivity contribution in [2.45, 2.75) is 52.5 Å². The second-order valence-electron chi connectivity index (χ2n) is 6.16. The van der Waals surface area contributed by atoms with Crippen molar-refractivity contribution in [2.75, 3.05) is 45.2 Å². The predicted molar refractivity (Wildman–Crippen MR) is 99.9 cm³/mol. The molecule has 7 heteroatoms. The third-order valence-electron chi connectivity index (χ3n) is 3.55. The highest BCUT2D eigenvalue weighted by atomic mass is 32.2. The van der Waals surface area contributed by atoms with Crippen molar-refractivity contribution in [3.05, 3.63) is 0 Å². The summed E-state index contributed by atoms with van der Waals surface area (Å²) in [6, 6.07) is 0.0765. The van der Waals surface area contributed by atoms with Gasteiger partial charge < -0.3 is 15.5 Å². The fraction of sp³-hybridized carbons (Fsp3) is 0.938.